The zero-order valence-corrected chi connectivity index (χ0v) is 13.3. The van der Waals surface area contributed by atoms with E-state index in [1.54, 1.807) is 13.8 Å². The van der Waals surface area contributed by atoms with Gasteiger partial charge in [0.05, 0.1) is 0 Å². The highest BCUT2D eigenvalue weighted by Gasteiger charge is 2.45. The van der Waals surface area contributed by atoms with Crippen molar-refractivity contribution >= 4 is 29.8 Å². The third kappa shape index (κ3) is 4.41. The van der Waals surface area contributed by atoms with Crippen molar-refractivity contribution in [3.05, 3.63) is 0 Å². The van der Waals surface area contributed by atoms with Crippen LogP contribution in [0.2, 0.25) is 0 Å². The Morgan fingerprint density at radius 1 is 1.30 bits per heavy atom. The second-order valence-electron chi connectivity index (χ2n) is 5.95. The summed E-state index contributed by atoms with van der Waals surface area (Å²) in [7, 11) is 0. The fraction of sp³-hybridized carbons (Fsp3) is 0.615. The second kappa shape index (κ2) is 6.63. The molecule has 10 nitrogen and oxygen atoms in total. The smallest absolute Gasteiger partial charge is 0.327 e. The van der Waals surface area contributed by atoms with Gasteiger partial charge in [-0.1, -0.05) is 13.8 Å². The van der Waals surface area contributed by atoms with Crippen LogP contribution < -0.4 is 16.4 Å². The zero-order valence-electron chi connectivity index (χ0n) is 13.3. The fourth-order valence-corrected chi connectivity index (χ4v) is 1.95. The molecule has 0 radical (unpaired) electrons. The lowest BCUT2D eigenvalue weighted by Gasteiger charge is -2.21. The summed E-state index contributed by atoms with van der Waals surface area (Å²) in [5.41, 5.74) is 3.73. The van der Waals surface area contributed by atoms with Crippen LogP contribution in [0.5, 0.6) is 0 Å². The molecule has 0 bridgehead atoms. The average molecular weight is 328 g/mol. The van der Waals surface area contributed by atoms with E-state index in [0.717, 1.165) is 0 Å². The normalized spacial score (nSPS) is 17.7. The van der Waals surface area contributed by atoms with E-state index in [2.05, 4.69) is 5.32 Å². The van der Waals surface area contributed by atoms with Crippen LogP contribution in [0.15, 0.2) is 0 Å². The first-order valence-corrected chi connectivity index (χ1v) is 6.89. The summed E-state index contributed by atoms with van der Waals surface area (Å²) < 4.78 is 4.97. The van der Waals surface area contributed by atoms with Crippen LogP contribution in [0.25, 0.3) is 0 Å². The van der Waals surface area contributed by atoms with Crippen molar-refractivity contribution in [2.75, 3.05) is 6.54 Å². The molecule has 1 rings (SSSR count). The largest absolute Gasteiger partial charge is 0.451 e. The van der Waals surface area contributed by atoms with Crippen molar-refractivity contribution in [2.45, 2.75) is 39.3 Å². The van der Waals surface area contributed by atoms with Crippen LogP contribution in [-0.4, -0.2) is 52.9 Å². The van der Waals surface area contributed by atoms with Gasteiger partial charge in [0.15, 0.2) is 6.10 Å². The molecular formula is C13H20N4O6. The molecule has 1 atom stereocenters. The number of nitrogens with two attached hydrogens (primary N) is 1. The summed E-state index contributed by atoms with van der Waals surface area (Å²) >= 11 is 0. The Morgan fingerprint density at radius 2 is 1.87 bits per heavy atom. The molecule has 1 saturated heterocycles. The van der Waals surface area contributed by atoms with Gasteiger partial charge < -0.3 is 15.8 Å². The number of hydrogen-bond donors (Lipinski definition) is 3. The van der Waals surface area contributed by atoms with Crippen LogP contribution in [-0.2, 0) is 19.1 Å². The van der Waals surface area contributed by atoms with Crippen molar-refractivity contribution in [3.8, 4) is 0 Å². The van der Waals surface area contributed by atoms with Crippen LogP contribution in [0.3, 0.4) is 0 Å². The summed E-state index contributed by atoms with van der Waals surface area (Å²) in [6, 6.07) is -1.80. The topological polar surface area (TPSA) is 148 Å². The highest BCUT2D eigenvalue weighted by Crippen LogP contribution is 2.17. The minimum atomic E-state index is -1.27. The SMILES string of the molecule is CC(C)[C@@H](OC(=O)CN1C(=O)NC(C)(C)C1=O)C(=O)NC(N)=O. The molecule has 0 spiro atoms. The lowest BCUT2D eigenvalue weighted by molar-refractivity contribution is -0.159. The maximum atomic E-state index is 12.0. The van der Waals surface area contributed by atoms with Gasteiger partial charge in [0, 0.05) is 0 Å². The van der Waals surface area contributed by atoms with Crippen molar-refractivity contribution in [2.24, 2.45) is 11.7 Å². The van der Waals surface area contributed by atoms with E-state index in [4.69, 9.17) is 10.5 Å². The Kier molecular flexibility index (Phi) is 5.30. The van der Waals surface area contributed by atoms with Crippen LogP contribution in [0, 0.1) is 5.92 Å². The minimum absolute atomic E-state index is 0.446. The number of esters is 1. The molecule has 6 amide bonds. The maximum absolute atomic E-state index is 12.0. The molecule has 4 N–H and O–H groups in total. The predicted molar refractivity (Wildman–Crippen MR) is 76.8 cm³/mol. The Hall–Kier alpha value is -2.65. The van der Waals surface area contributed by atoms with Gasteiger partial charge >= 0.3 is 18.0 Å². The standard InChI is InChI=1S/C13H20N4O6/c1-6(2)8(9(19)15-11(14)21)23-7(18)5-17-10(20)13(3,4)16-12(17)22/h6,8H,5H2,1-4H3,(H,16,22)(H3,14,15,19,21)/t8-/m1/s1. The van der Waals surface area contributed by atoms with E-state index in [9.17, 15) is 24.0 Å². The molecule has 0 aromatic carbocycles. The molecule has 1 aliphatic rings. The predicted octanol–water partition coefficient (Wildman–Crippen LogP) is -0.920. The van der Waals surface area contributed by atoms with Crippen molar-refractivity contribution in [3.63, 3.8) is 0 Å². The number of carbonyl (C=O) groups excluding carboxylic acids is 5. The molecule has 0 aromatic heterocycles. The van der Waals surface area contributed by atoms with Gasteiger partial charge in [-0.25, -0.2) is 9.59 Å². The van der Waals surface area contributed by atoms with Gasteiger partial charge in [-0.3, -0.25) is 24.6 Å². The van der Waals surface area contributed by atoms with Crippen molar-refractivity contribution in [1.82, 2.24) is 15.5 Å². The molecule has 1 aliphatic heterocycles. The summed E-state index contributed by atoms with van der Waals surface area (Å²) in [6.45, 7) is 5.54. The van der Waals surface area contributed by atoms with Gasteiger partial charge in [0.25, 0.3) is 11.8 Å². The monoisotopic (exact) mass is 328 g/mol. The van der Waals surface area contributed by atoms with E-state index in [0.29, 0.717) is 4.90 Å². The van der Waals surface area contributed by atoms with Crippen LogP contribution in [0.1, 0.15) is 27.7 Å². The third-order valence-electron chi connectivity index (χ3n) is 3.10. The first kappa shape index (κ1) is 18.4. The Labute approximate surface area is 132 Å². The van der Waals surface area contributed by atoms with Gasteiger partial charge in [0.1, 0.15) is 12.1 Å². The molecule has 0 unspecified atom stereocenters. The Balaban J connectivity index is 2.74. The minimum Gasteiger partial charge on any atom is -0.451 e. The summed E-state index contributed by atoms with van der Waals surface area (Å²) in [5, 5.41) is 4.23. The van der Waals surface area contributed by atoms with E-state index in [-0.39, 0.29) is 0 Å². The summed E-state index contributed by atoms with van der Waals surface area (Å²) in [4.78, 5) is 58.7. The Bertz CT molecular complexity index is 557. The van der Waals surface area contributed by atoms with E-state index < -0.39 is 54.0 Å². The summed E-state index contributed by atoms with van der Waals surface area (Å²) in [5.74, 6) is -2.86. The number of imide groups is 2. The highest BCUT2D eigenvalue weighted by atomic mass is 16.5. The molecule has 128 valence electrons. The molecule has 0 saturated carbocycles. The summed E-state index contributed by atoms with van der Waals surface area (Å²) in [6.07, 6.45) is -1.27. The van der Waals surface area contributed by atoms with Crippen molar-refractivity contribution < 1.29 is 28.7 Å². The number of ether oxygens (including phenoxy) is 1. The zero-order chi connectivity index (χ0) is 17.9. The number of rotatable bonds is 5. The third-order valence-corrected chi connectivity index (χ3v) is 3.10. The van der Waals surface area contributed by atoms with Gasteiger partial charge in [-0.15, -0.1) is 0 Å². The van der Waals surface area contributed by atoms with E-state index in [1.165, 1.54) is 13.8 Å². The van der Waals surface area contributed by atoms with Crippen LogP contribution in [0.4, 0.5) is 9.59 Å². The number of amides is 6. The molecule has 1 fully saturated rings. The molecule has 0 aliphatic carbocycles. The van der Waals surface area contributed by atoms with Crippen LogP contribution >= 0.6 is 0 Å². The quantitative estimate of drug-likeness (QED) is 0.439. The average Bonchev–Trinajstić information content (AvgIpc) is 2.57. The number of nitrogens with zero attached hydrogens (tertiary/aromatic N) is 1. The first-order chi connectivity index (χ1) is 10.5. The number of primary amides is 1. The van der Waals surface area contributed by atoms with Gasteiger partial charge in [0.2, 0.25) is 0 Å². The second-order valence-corrected chi connectivity index (χ2v) is 5.95. The highest BCUT2D eigenvalue weighted by molar-refractivity contribution is 6.08. The van der Waals surface area contributed by atoms with Crippen molar-refractivity contribution in [1.29, 1.82) is 0 Å². The van der Waals surface area contributed by atoms with Gasteiger partial charge in [-0.05, 0) is 19.8 Å². The van der Waals surface area contributed by atoms with E-state index >= 15 is 0 Å². The number of carbonyl (C=O) groups is 5. The maximum Gasteiger partial charge on any atom is 0.327 e. The van der Waals surface area contributed by atoms with Gasteiger partial charge in [-0.2, -0.15) is 0 Å². The Morgan fingerprint density at radius 3 is 2.26 bits per heavy atom. The molecular weight excluding hydrogens is 308 g/mol. The first-order valence-electron chi connectivity index (χ1n) is 6.89. The van der Waals surface area contributed by atoms with E-state index in [1.807, 2.05) is 5.32 Å². The fourth-order valence-electron chi connectivity index (χ4n) is 1.95. The molecule has 10 heteroatoms. The molecule has 23 heavy (non-hydrogen) atoms. The number of nitrogens with one attached hydrogen (secondary N) is 2. The molecule has 1 heterocycles. The molecule has 0 aromatic rings. The lowest BCUT2D eigenvalue weighted by Crippen LogP contribution is -2.47. The number of hydrogen-bond acceptors (Lipinski definition) is 6. The number of urea groups is 2. The lowest BCUT2D eigenvalue weighted by atomic mass is 10.1.